The number of hydrogen-bond acceptors (Lipinski definition) is 6. The number of nitrogens with zero attached hydrogens (tertiary/aromatic N) is 5. The summed E-state index contributed by atoms with van der Waals surface area (Å²) in [7, 11) is 5.19. The Kier molecular flexibility index (Phi) is 3.92. The smallest absolute Gasteiger partial charge is 0.337 e. The van der Waals surface area contributed by atoms with E-state index in [1.165, 1.54) is 13.4 Å². The lowest BCUT2D eigenvalue weighted by molar-refractivity contribution is 0.0600. The Morgan fingerprint density at radius 3 is 2.70 bits per heavy atom. The molecule has 0 saturated carbocycles. The van der Waals surface area contributed by atoms with Gasteiger partial charge in [-0.2, -0.15) is 5.10 Å². The van der Waals surface area contributed by atoms with Crippen molar-refractivity contribution in [3.05, 3.63) is 47.9 Å². The standard InChI is InChI=1S/C16H17N5O2/c1-20(9-11-4-6-12(7-5-11)16(22)23-3)14-13-8-19-21(2)15(13)18-10-17-14/h4-8,10H,9H2,1-3H3. The number of carbonyl (C=O) groups excluding carboxylic acids is 1. The zero-order chi connectivity index (χ0) is 16.4. The van der Waals surface area contributed by atoms with Crippen LogP contribution in [0.3, 0.4) is 0 Å². The first-order valence-electron chi connectivity index (χ1n) is 7.11. The van der Waals surface area contributed by atoms with Crippen molar-refractivity contribution in [3.63, 3.8) is 0 Å². The van der Waals surface area contributed by atoms with E-state index in [0.29, 0.717) is 12.1 Å². The molecular formula is C16H17N5O2. The number of methoxy groups -OCH3 is 1. The highest BCUT2D eigenvalue weighted by atomic mass is 16.5. The molecule has 1 aromatic carbocycles. The Hall–Kier alpha value is -2.96. The maximum Gasteiger partial charge on any atom is 0.337 e. The van der Waals surface area contributed by atoms with Gasteiger partial charge in [0.25, 0.3) is 0 Å². The summed E-state index contributed by atoms with van der Waals surface area (Å²) in [6.07, 6.45) is 3.30. The van der Waals surface area contributed by atoms with Crippen LogP contribution in [0.25, 0.3) is 11.0 Å². The van der Waals surface area contributed by atoms with E-state index < -0.39 is 0 Å². The molecule has 0 bridgehead atoms. The second kappa shape index (κ2) is 6.04. The van der Waals surface area contributed by atoms with E-state index >= 15 is 0 Å². The van der Waals surface area contributed by atoms with Crippen LogP contribution in [-0.4, -0.2) is 39.9 Å². The van der Waals surface area contributed by atoms with E-state index in [0.717, 1.165) is 22.4 Å². The lowest BCUT2D eigenvalue weighted by atomic mass is 10.1. The Labute approximate surface area is 133 Å². The van der Waals surface area contributed by atoms with Crippen molar-refractivity contribution in [3.8, 4) is 0 Å². The quantitative estimate of drug-likeness (QED) is 0.684. The van der Waals surface area contributed by atoms with Gasteiger partial charge in [0.1, 0.15) is 12.1 Å². The van der Waals surface area contributed by atoms with Crippen molar-refractivity contribution in [2.45, 2.75) is 6.54 Å². The zero-order valence-corrected chi connectivity index (χ0v) is 13.2. The van der Waals surface area contributed by atoms with Gasteiger partial charge in [0.05, 0.1) is 24.3 Å². The number of carbonyl (C=O) groups is 1. The topological polar surface area (TPSA) is 73.1 Å². The Morgan fingerprint density at radius 1 is 1.26 bits per heavy atom. The molecule has 0 fully saturated rings. The summed E-state index contributed by atoms with van der Waals surface area (Å²) in [5.74, 6) is 0.484. The van der Waals surface area contributed by atoms with Crippen molar-refractivity contribution < 1.29 is 9.53 Å². The van der Waals surface area contributed by atoms with Gasteiger partial charge in [-0.05, 0) is 17.7 Å². The van der Waals surface area contributed by atoms with Gasteiger partial charge in [-0.1, -0.05) is 12.1 Å². The molecule has 0 atom stereocenters. The molecule has 0 amide bonds. The molecule has 0 aliphatic heterocycles. The predicted octanol–water partition coefficient (Wildman–Crippen LogP) is 1.79. The number of ether oxygens (including phenoxy) is 1. The third-order valence-electron chi connectivity index (χ3n) is 3.66. The van der Waals surface area contributed by atoms with E-state index in [1.54, 1.807) is 23.0 Å². The van der Waals surface area contributed by atoms with E-state index in [9.17, 15) is 4.79 Å². The molecule has 2 heterocycles. The third-order valence-corrected chi connectivity index (χ3v) is 3.66. The summed E-state index contributed by atoms with van der Waals surface area (Å²) in [6, 6.07) is 7.33. The normalized spacial score (nSPS) is 10.7. The third kappa shape index (κ3) is 2.85. The fourth-order valence-corrected chi connectivity index (χ4v) is 2.47. The molecule has 7 nitrogen and oxygen atoms in total. The summed E-state index contributed by atoms with van der Waals surface area (Å²) in [5, 5.41) is 5.13. The first kappa shape index (κ1) is 15.0. The van der Waals surface area contributed by atoms with Crippen molar-refractivity contribution >= 4 is 22.8 Å². The lowest BCUT2D eigenvalue weighted by Crippen LogP contribution is -2.18. The average Bonchev–Trinajstić information content (AvgIpc) is 2.96. The van der Waals surface area contributed by atoms with Crippen LogP contribution in [0.1, 0.15) is 15.9 Å². The van der Waals surface area contributed by atoms with Crippen molar-refractivity contribution in [2.24, 2.45) is 7.05 Å². The molecular weight excluding hydrogens is 294 g/mol. The predicted molar refractivity (Wildman–Crippen MR) is 86.2 cm³/mol. The molecule has 3 rings (SSSR count). The van der Waals surface area contributed by atoms with Crippen LogP contribution in [0.4, 0.5) is 5.82 Å². The minimum absolute atomic E-state index is 0.335. The monoisotopic (exact) mass is 311 g/mol. The van der Waals surface area contributed by atoms with Crippen molar-refractivity contribution in [2.75, 3.05) is 19.1 Å². The number of rotatable bonds is 4. The van der Waals surface area contributed by atoms with Gasteiger partial charge in [0.15, 0.2) is 5.65 Å². The van der Waals surface area contributed by atoms with Gasteiger partial charge in [0.2, 0.25) is 0 Å². The highest BCUT2D eigenvalue weighted by Gasteiger charge is 2.12. The van der Waals surface area contributed by atoms with E-state index in [4.69, 9.17) is 4.74 Å². The number of hydrogen-bond donors (Lipinski definition) is 0. The molecule has 118 valence electrons. The molecule has 7 heteroatoms. The van der Waals surface area contributed by atoms with Gasteiger partial charge >= 0.3 is 5.97 Å². The molecule has 0 radical (unpaired) electrons. The van der Waals surface area contributed by atoms with Gasteiger partial charge in [-0.3, -0.25) is 4.68 Å². The molecule has 0 aliphatic rings. The number of fused-ring (bicyclic) bond motifs is 1. The van der Waals surface area contributed by atoms with Gasteiger partial charge in [0, 0.05) is 20.6 Å². The van der Waals surface area contributed by atoms with Crippen LogP contribution in [0.2, 0.25) is 0 Å². The number of benzene rings is 1. The van der Waals surface area contributed by atoms with Crippen LogP contribution in [0.5, 0.6) is 0 Å². The van der Waals surface area contributed by atoms with Gasteiger partial charge in [-0.25, -0.2) is 14.8 Å². The number of esters is 1. The number of anilines is 1. The fraction of sp³-hybridized carbons (Fsp3) is 0.250. The van der Waals surface area contributed by atoms with Crippen molar-refractivity contribution in [1.29, 1.82) is 0 Å². The van der Waals surface area contributed by atoms with E-state index in [1.807, 2.05) is 31.1 Å². The van der Waals surface area contributed by atoms with Crippen LogP contribution in [0, 0.1) is 0 Å². The summed E-state index contributed by atoms with van der Waals surface area (Å²) in [5.41, 5.74) is 2.40. The van der Waals surface area contributed by atoms with E-state index in [2.05, 4.69) is 15.1 Å². The Bertz CT molecular complexity index is 841. The first-order chi connectivity index (χ1) is 11.1. The highest BCUT2D eigenvalue weighted by molar-refractivity contribution is 5.89. The maximum absolute atomic E-state index is 11.5. The van der Waals surface area contributed by atoms with Crippen LogP contribution < -0.4 is 4.90 Å². The molecule has 3 aromatic rings. The van der Waals surface area contributed by atoms with Gasteiger partial charge in [-0.15, -0.1) is 0 Å². The minimum Gasteiger partial charge on any atom is -0.465 e. The molecule has 0 saturated heterocycles. The highest BCUT2D eigenvalue weighted by Crippen LogP contribution is 2.22. The van der Waals surface area contributed by atoms with Gasteiger partial charge < -0.3 is 9.64 Å². The Morgan fingerprint density at radius 2 is 2.00 bits per heavy atom. The van der Waals surface area contributed by atoms with Crippen LogP contribution >= 0.6 is 0 Å². The maximum atomic E-state index is 11.5. The van der Waals surface area contributed by atoms with Crippen molar-refractivity contribution in [1.82, 2.24) is 19.7 Å². The number of aryl methyl sites for hydroxylation is 1. The average molecular weight is 311 g/mol. The van der Waals surface area contributed by atoms with E-state index in [-0.39, 0.29) is 5.97 Å². The summed E-state index contributed by atoms with van der Waals surface area (Å²) in [6.45, 7) is 0.655. The molecule has 0 N–H and O–H groups in total. The largest absolute Gasteiger partial charge is 0.465 e. The summed E-state index contributed by atoms with van der Waals surface area (Å²) >= 11 is 0. The second-order valence-corrected chi connectivity index (χ2v) is 5.25. The SMILES string of the molecule is COC(=O)c1ccc(CN(C)c2ncnc3c2cnn3C)cc1. The zero-order valence-electron chi connectivity index (χ0n) is 13.2. The number of aromatic nitrogens is 4. The molecule has 0 unspecified atom stereocenters. The molecule has 23 heavy (non-hydrogen) atoms. The molecule has 0 aliphatic carbocycles. The van der Waals surface area contributed by atoms with Crippen LogP contribution in [0.15, 0.2) is 36.8 Å². The molecule has 2 aromatic heterocycles. The fourth-order valence-electron chi connectivity index (χ4n) is 2.47. The lowest BCUT2D eigenvalue weighted by Gasteiger charge is -2.18. The minimum atomic E-state index is -0.335. The molecule has 0 spiro atoms. The summed E-state index contributed by atoms with van der Waals surface area (Å²) < 4.78 is 6.42. The summed E-state index contributed by atoms with van der Waals surface area (Å²) in [4.78, 5) is 22.1. The Balaban J connectivity index is 1.83. The second-order valence-electron chi connectivity index (χ2n) is 5.25. The first-order valence-corrected chi connectivity index (χ1v) is 7.11. The van der Waals surface area contributed by atoms with Crippen LogP contribution in [-0.2, 0) is 18.3 Å².